The Kier molecular flexibility index (Phi) is 4.99. The molecule has 0 saturated carbocycles. The summed E-state index contributed by atoms with van der Waals surface area (Å²) in [5.41, 5.74) is 0.894. The molecule has 0 aliphatic carbocycles. The largest absolute Gasteiger partial charge is 0.382 e. The van der Waals surface area contributed by atoms with Crippen LogP contribution < -0.4 is 10.6 Å². The van der Waals surface area contributed by atoms with Crippen LogP contribution in [0.15, 0.2) is 18.2 Å². The zero-order valence-corrected chi connectivity index (χ0v) is 12.9. The SMILES string of the molecule is Fc1ccc(NC2CC[N]C(N3CCCCC3)C2)cc1Cl. The van der Waals surface area contributed by atoms with Crippen molar-refractivity contribution in [1.82, 2.24) is 10.2 Å². The van der Waals surface area contributed by atoms with Gasteiger partial charge in [-0.05, 0) is 57.0 Å². The van der Waals surface area contributed by atoms with Crippen molar-refractivity contribution in [2.24, 2.45) is 0 Å². The van der Waals surface area contributed by atoms with Gasteiger partial charge in [0, 0.05) is 18.3 Å². The molecule has 1 radical (unpaired) electrons. The van der Waals surface area contributed by atoms with E-state index in [1.54, 1.807) is 12.1 Å². The molecule has 2 heterocycles. The number of benzene rings is 1. The van der Waals surface area contributed by atoms with Crippen LogP contribution in [0.1, 0.15) is 32.1 Å². The molecule has 2 saturated heterocycles. The van der Waals surface area contributed by atoms with E-state index in [2.05, 4.69) is 10.2 Å². The number of piperidine rings is 2. The molecule has 2 aliphatic heterocycles. The molecular weight excluding hydrogens is 289 g/mol. The van der Waals surface area contributed by atoms with Gasteiger partial charge in [0.25, 0.3) is 0 Å². The van der Waals surface area contributed by atoms with Crippen molar-refractivity contribution in [3.8, 4) is 0 Å². The standard InChI is InChI=1S/C16H22ClFN3/c17-14-10-12(4-5-15(14)18)20-13-6-7-19-16(11-13)21-8-2-1-3-9-21/h4-5,10,13,16,20H,1-3,6-9,11H2. The Bertz CT molecular complexity index is 477. The third-order valence-corrected chi connectivity index (χ3v) is 4.70. The number of anilines is 1. The molecule has 0 spiro atoms. The van der Waals surface area contributed by atoms with Crippen molar-refractivity contribution < 1.29 is 4.39 Å². The van der Waals surface area contributed by atoms with Gasteiger partial charge in [0.1, 0.15) is 5.82 Å². The minimum atomic E-state index is -0.368. The van der Waals surface area contributed by atoms with E-state index in [0.717, 1.165) is 25.1 Å². The number of nitrogens with one attached hydrogen (secondary N) is 1. The molecule has 2 unspecified atom stereocenters. The summed E-state index contributed by atoms with van der Waals surface area (Å²) in [6.45, 7) is 3.24. The lowest BCUT2D eigenvalue weighted by molar-refractivity contribution is 0.107. The highest BCUT2D eigenvalue weighted by Gasteiger charge is 2.28. The molecule has 5 heteroatoms. The average Bonchev–Trinajstić information content (AvgIpc) is 2.52. The van der Waals surface area contributed by atoms with Gasteiger partial charge < -0.3 is 5.32 Å². The maximum Gasteiger partial charge on any atom is 0.141 e. The first-order chi connectivity index (χ1) is 10.2. The number of rotatable bonds is 3. The Hall–Kier alpha value is -0.840. The molecule has 115 valence electrons. The van der Waals surface area contributed by atoms with Crippen LogP contribution in [-0.2, 0) is 0 Å². The molecule has 0 amide bonds. The molecule has 2 atom stereocenters. The van der Waals surface area contributed by atoms with Crippen LogP contribution >= 0.6 is 11.6 Å². The van der Waals surface area contributed by atoms with Crippen molar-refractivity contribution in [3.05, 3.63) is 29.0 Å². The second kappa shape index (κ2) is 6.95. The lowest BCUT2D eigenvalue weighted by Crippen LogP contribution is -2.51. The summed E-state index contributed by atoms with van der Waals surface area (Å²) >= 11 is 5.84. The molecule has 1 aromatic carbocycles. The Labute approximate surface area is 130 Å². The van der Waals surface area contributed by atoms with Gasteiger partial charge in [-0.15, -0.1) is 0 Å². The van der Waals surface area contributed by atoms with Gasteiger partial charge in [-0.2, -0.15) is 0 Å². The first-order valence-electron chi connectivity index (χ1n) is 7.84. The van der Waals surface area contributed by atoms with Crippen LogP contribution in [-0.4, -0.2) is 36.7 Å². The fourth-order valence-electron chi connectivity index (χ4n) is 3.26. The van der Waals surface area contributed by atoms with Crippen molar-refractivity contribution in [2.45, 2.75) is 44.3 Å². The topological polar surface area (TPSA) is 29.4 Å². The van der Waals surface area contributed by atoms with Gasteiger partial charge in [0.2, 0.25) is 0 Å². The van der Waals surface area contributed by atoms with E-state index in [9.17, 15) is 4.39 Å². The predicted octanol–water partition coefficient (Wildman–Crippen LogP) is 3.47. The minimum Gasteiger partial charge on any atom is -0.382 e. The van der Waals surface area contributed by atoms with E-state index in [-0.39, 0.29) is 10.8 Å². The monoisotopic (exact) mass is 310 g/mol. The fraction of sp³-hybridized carbons (Fsp3) is 0.625. The Morgan fingerprint density at radius 2 is 2.05 bits per heavy atom. The highest BCUT2D eigenvalue weighted by molar-refractivity contribution is 6.31. The van der Waals surface area contributed by atoms with Crippen LogP contribution in [0.5, 0.6) is 0 Å². The molecular formula is C16H22ClFN3. The van der Waals surface area contributed by atoms with Gasteiger partial charge >= 0.3 is 0 Å². The van der Waals surface area contributed by atoms with E-state index in [1.165, 1.54) is 38.4 Å². The van der Waals surface area contributed by atoms with Crippen molar-refractivity contribution in [3.63, 3.8) is 0 Å². The molecule has 2 fully saturated rings. The maximum absolute atomic E-state index is 13.2. The summed E-state index contributed by atoms with van der Waals surface area (Å²) in [7, 11) is 0. The molecule has 1 N–H and O–H groups in total. The highest BCUT2D eigenvalue weighted by Crippen LogP contribution is 2.24. The summed E-state index contributed by atoms with van der Waals surface area (Å²) in [4.78, 5) is 2.51. The second-order valence-electron chi connectivity index (χ2n) is 5.98. The molecule has 21 heavy (non-hydrogen) atoms. The summed E-state index contributed by atoms with van der Waals surface area (Å²) < 4.78 is 13.2. The molecule has 1 aromatic rings. The lowest BCUT2D eigenvalue weighted by atomic mass is 10.0. The smallest absolute Gasteiger partial charge is 0.141 e. The van der Waals surface area contributed by atoms with Crippen LogP contribution in [0.4, 0.5) is 10.1 Å². The Balaban J connectivity index is 1.59. The normalized spacial score (nSPS) is 27.5. The molecule has 2 aliphatic rings. The molecule has 3 rings (SSSR count). The second-order valence-corrected chi connectivity index (χ2v) is 6.39. The quantitative estimate of drug-likeness (QED) is 0.926. The Morgan fingerprint density at radius 3 is 2.81 bits per heavy atom. The van der Waals surface area contributed by atoms with Crippen molar-refractivity contribution in [2.75, 3.05) is 25.0 Å². The molecule has 3 nitrogen and oxygen atoms in total. The van der Waals surface area contributed by atoms with Gasteiger partial charge in [0.15, 0.2) is 0 Å². The van der Waals surface area contributed by atoms with E-state index >= 15 is 0 Å². The predicted molar refractivity (Wildman–Crippen MR) is 84.3 cm³/mol. The summed E-state index contributed by atoms with van der Waals surface area (Å²) in [5, 5.41) is 8.43. The van der Waals surface area contributed by atoms with Crippen LogP contribution in [0.25, 0.3) is 0 Å². The Morgan fingerprint density at radius 1 is 1.24 bits per heavy atom. The number of hydrogen-bond acceptors (Lipinski definition) is 2. The number of likely N-dealkylation sites (tertiary alicyclic amines) is 1. The van der Waals surface area contributed by atoms with Crippen molar-refractivity contribution >= 4 is 17.3 Å². The summed E-state index contributed by atoms with van der Waals surface area (Å²) in [6.07, 6.45) is 6.32. The van der Waals surface area contributed by atoms with Gasteiger partial charge in [-0.3, -0.25) is 4.90 Å². The first-order valence-corrected chi connectivity index (χ1v) is 8.22. The number of halogens is 2. The summed E-state index contributed by atoms with van der Waals surface area (Å²) in [6, 6.07) is 5.22. The highest BCUT2D eigenvalue weighted by atomic mass is 35.5. The van der Waals surface area contributed by atoms with Crippen LogP contribution in [0, 0.1) is 5.82 Å². The lowest BCUT2D eigenvalue weighted by Gasteiger charge is -2.39. The average molecular weight is 311 g/mol. The molecule has 0 aromatic heterocycles. The van der Waals surface area contributed by atoms with Gasteiger partial charge in [-0.25, -0.2) is 9.71 Å². The fourth-order valence-corrected chi connectivity index (χ4v) is 3.44. The minimum absolute atomic E-state index is 0.174. The maximum atomic E-state index is 13.2. The van der Waals surface area contributed by atoms with Crippen LogP contribution in [0.2, 0.25) is 5.02 Å². The third kappa shape index (κ3) is 3.87. The first kappa shape index (κ1) is 15.1. The van der Waals surface area contributed by atoms with Crippen molar-refractivity contribution in [1.29, 1.82) is 0 Å². The molecule has 0 bridgehead atoms. The van der Waals surface area contributed by atoms with E-state index < -0.39 is 0 Å². The summed E-state index contributed by atoms with van der Waals surface area (Å²) in [5.74, 6) is -0.368. The van der Waals surface area contributed by atoms with Crippen LogP contribution in [0.3, 0.4) is 0 Å². The van der Waals surface area contributed by atoms with E-state index in [4.69, 9.17) is 16.9 Å². The zero-order valence-electron chi connectivity index (χ0n) is 12.2. The van der Waals surface area contributed by atoms with E-state index in [0.29, 0.717) is 12.2 Å². The number of nitrogens with zero attached hydrogens (tertiary/aromatic N) is 2. The number of hydrogen-bond donors (Lipinski definition) is 1. The van der Waals surface area contributed by atoms with E-state index in [1.807, 2.05) is 0 Å². The third-order valence-electron chi connectivity index (χ3n) is 4.42. The van der Waals surface area contributed by atoms with Gasteiger partial charge in [0.05, 0.1) is 11.2 Å². The van der Waals surface area contributed by atoms with Gasteiger partial charge in [-0.1, -0.05) is 18.0 Å². The zero-order chi connectivity index (χ0) is 14.7.